The van der Waals surface area contributed by atoms with Crippen LogP contribution >= 0.6 is 0 Å². The highest BCUT2D eigenvalue weighted by atomic mass is 16.5. The molecule has 0 aliphatic heterocycles. The van der Waals surface area contributed by atoms with Crippen molar-refractivity contribution in [2.45, 2.75) is 45.9 Å². The number of nitrogens with one attached hydrogen (secondary N) is 1. The number of H-pyrrole nitrogens is 1. The largest absolute Gasteiger partial charge is 0.497 e. The van der Waals surface area contributed by atoms with Gasteiger partial charge in [0.2, 0.25) is 0 Å². The lowest BCUT2D eigenvalue weighted by atomic mass is 10.1. The number of tetrazole rings is 1. The molecule has 5 aromatic rings. The summed E-state index contributed by atoms with van der Waals surface area (Å²) in [6, 6.07) is 19.6. The van der Waals surface area contributed by atoms with E-state index >= 15 is 0 Å². The van der Waals surface area contributed by atoms with Crippen LogP contribution in [0.2, 0.25) is 0 Å². The molecule has 0 amide bonds. The van der Waals surface area contributed by atoms with Gasteiger partial charge in [0.15, 0.2) is 5.82 Å². The van der Waals surface area contributed by atoms with Gasteiger partial charge in [-0.05, 0) is 70.6 Å². The van der Waals surface area contributed by atoms with E-state index in [0.717, 1.165) is 45.8 Å². The second kappa shape index (κ2) is 10.8. The number of methoxy groups -OCH3 is 1. The molecule has 3 aromatic heterocycles. The number of pyridine rings is 1. The number of para-hydroxylation sites is 1. The van der Waals surface area contributed by atoms with E-state index in [0.29, 0.717) is 25.2 Å². The summed E-state index contributed by atoms with van der Waals surface area (Å²) in [5, 5.41) is 13.6. The maximum absolute atomic E-state index is 13.2. The lowest BCUT2D eigenvalue weighted by molar-refractivity contribution is 0.161. The van der Waals surface area contributed by atoms with Crippen molar-refractivity contribution in [3.8, 4) is 5.75 Å². The molecule has 9 nitrogen and oxygen atoms in total. The molecular weight excluding hydrogens is 468 g/mol. The van der Waals surface area contributed by atoms with Crippen molar-refractivity contribution >= 4 is 10.9 Å². The fourth-order valence-corrected chi connectivity index (χ4v) is 4.72. The van der Waals surface area contributed by atoms with E-state index in [2.05, 4.69) is 32.3 Å². The monoisotopic (exact) mass is 498 g/mol. The number of hydrogen-bond acceptors (Lipinski definition) is 7. The molecule has 0 radical (unpaired) electrons. The lowest BCUT2D eigenvalue weighted by Gasteiger charge is -2.30. The quantitative estimate of drug-likeness (QED) is 0.300. The standard InChI is InChI=1S/C28H30N6O3/c1-4-25(27-30-31-32-34(27)18-24-9-6-14-37-24)33(16-20-10-12-23(36-3)13-11-20)17-22-15-21-8-5-7-19(2)26(21)29-28(22)35/h5-15,25H,4,16-18H2,1-3H3,(H,29,35)/t25-/m0/s1. The fraction of sp³-hybridized carbons (Fsp3) is 0.286. The molecule has 0 saturated carbocycles. The first-order valence-electron chi connectivity index (χ1n) is 12.3. The smallest absolute Gasteiger partial charge is 0.252 e. The van der Waals surface area contributed by atoms with Crippen molar-refractivity contribution in [1.82, 2.24) is 30.1 Å². The van der Waals surface area contributed by atoms with Gasteiger partial charge in [-0.3, -0.25) is 9.69 Å². The highest BCUT2D eigenvalue weighted by Crippen LogP contribution is 2.27. The van der Waals surface area contributed by atoms with E-state index in [9.17, 15) is 4.79 Å². The minimum Gasteiger partial charge on any atom is -0.497 e. The highest BCUT2D eigenvalue weighted by Gasteiger charge is 2.26. The number of furan rings is 1. The van der Waals surface area contributed by atoms with Crippen molar-refractivity contribution in [2.24, 2.45) is 0 Å². The minimum absolute atomic E-state index is 0.0911. The first-order chi connectivity index (χ1) is 18.1. The Hall–Kier alpha value is -4.24. The van der Waals surface area contributed by atoms with Crippen LogP contribution in [0.3, 0.4) is 0 Å². The molecular formula is C28H30N6O3. The van der Waals surface area contributed by atoms with Crippen LogP contribution < -0.4 is 10.3 Å². The number of ether oxygens (including phenoxy) is 1. The van der Waals surface area contributed by atoms with Gasteiger partial charge >= 0.3 is 0 Å². The molecule has 190 valence electrons. The number of aromatic nitrogens is 5. The maximum atomic E-state index is 13.2. The van der Waals surface area contributed by atoms with Crippen LogP contribution in [0.1, 0.15) is 47.7 Å². The Morgan fingerprint density at radius 1 is 1.11 bits per heavy atom. The van der Waals surface area contributed by atoms with Crippen molar-refractivity contribution in [1.29, 1.82) is 0 Å². The first kappa shape index (κ1) is 24.5. The van der Waals surface area contributed by atoms with Crippen LogP contribution in [0.4, 0.5) is 0 Å². The van der Waals surface area contributed by atoms with Crippen LogP contribution in [0.25, 0.3) is 10.9 Å². The average Bonchev–Trinajstić information content (AvgIpc) is 3.59. The number of hydrogen-bond donors (Lipinski definition) is 1. The van der Waals surface area contributed by atoms with E-state index in [1.165, 1.54) is 0 Å². The fourth-order valence-electron chi connectivity index (χ4n) is 4.72. The van der Waals surface area contributed by atoms with Gasteiger partial charge in [0.05, 0.1) is 24.9 Å². The van der Waals surface area contributed by atoms with Crippen molar-refractivity contribution in [3.05, 3.63) is 106 Å². The van der Waals surface area contributed by atoms with Crippen LogP contribution in [-0.4, -0.2) is 37.2 Å². The maximum Gasteiger partial charge on any atom is 0.252 e. The second-order valence-corrected chi connectivity index (χ2v) is 9.11. The third-order valence-corrected chi connectivity index (χ3v) is 6.65. The minimum atomic E-state index is -0.139. The zero-order valence-corrected chi connectivity index (χ0v) is 21.2. The molecule has 0 saturated heterocycles. The normalized spacial score (nSPS) is 12.3. The molecule has 0 spiro atoms. The molecule has 0 bridgehead atoms. The molecule has 37 heavy (non-hydrogen) atoms. The van der Waals surface area contributed by atoms with Gasteiger partial charge in [-0.25, -0.2) is 4.68 Å². The molecule has 0 aliphatic carbocycles. The van der Waals surface area contributed by atoms with Gasteiger partial charge in [-0.1, -0.05) is 37.3 Å². The zero-order chi connectivity index (χ0) is 25.8. The molecule has 1 N–H and O–H groups in total. The number of aryl methyl sites for hydroxylation is 1. The van der Waals surface area contributed by atoms with E-state index in [-0.39, 0.29) is 11.6 Å². The average molecular weight is 499 g/mol. The van der Waals surface area contributed by atoms with Crippen molar-refractivity contribution in [2.75, 3.05) is 7.11 Å². The number of benzene rings is 2. The molecule has 3 heterocycles. The summed E-state index contributed by atoms with van der Waals surface area (Å²) in [5.41, 5.74) is 3.60. The van der Waals surface area contributed by atoms with Gasteiger partial charge < -0.3 is 14.1 Å². The van der Waals surface area contributed by atoms with Crippen LogP contribution in [-0.2, 0) is 19.6 Å². The Labute approximate surface area is 214 Å². The SMILES string of the molecule is CC[C@@H](c1nnnn1Cc1ccco1)N(Cc1ccc(OC)cc1)Cc1cc2cccc(C)c2[nH]c1=O. The molecule has 9 heteroatoms. The van der Waals surface area contributed by atoms with Gasteiger partial charge in [0, 0.05) is 18.7 Å². The van der Waals surface area contributed by atoms with E-state index in [1.54, 1.807) is 18.1 Å². The summed E-state index contributed by atoms with van der Waals surface area (Å²) in [6.45, 7) is 5.56. The zero-order valence-electron chi connectivity index (χ0n) is 21.2. The summed E-state index contributed by atoms with van der Waals surface area (Å²) in [7, 11) is 1.65. The number of fused-ring (bicyclic) bond motifs is 1. The molecule has 2 aromatic carbocycles. The number of aromatic amines is 1. The summed E-state index contributed by atoms with van der Waals surface area (Å²) < 4.78 is 12.6. The van der Waals surface area contributed by atoms with Gasteiger partial charge in [0.1, 0.15) is 18.1 Å². The Balaban J connectivity index is 1.52. The predicted octanol–water partition coefficient (Wildman–Crippen LogP) is 4.63. The van der Waals surface area contributed by atoms with Crippen molar-refractivity contribution < 1.29 is 9.15 Å². The first-order valence-corrected chi connectivity index (χ1v) is 12.3. The van der Waals surface area contributed by atoms with Gasteiger partial charge in [0.25, 0.3) is 5.56 Å². The molecule has 0 aliphatic rings. The number of nitrogens with zero attached hydrogens (tertiary/aromatic N) is 5. The Kier molecular flexibility index (Phi) is 7.14. The van der Waals surface area contributed by atoms with E-state index in [4.69, 9.17) is 9.15 Å². The van der Waals surface area contributed by atoms with Crippen LogP contribution in [0, 0.1) is 6.92 Å². The predicted molar refractivity (Wildman–Crippen MR) is 140 cm³/mol. The Morgan fingerprint density at radius 2 is 1.95 bits per heavy atom. The van der Waals surface area contributed by atoms with Gasteiger partial charge in [-0.15, -0.1) is 5.10 Å². The third kappa shape index (κ3) is 5.31. The second-order valence-electron chi connectivity index (χ2n) is 9.11. The topological polar surface area (TPSA) is 102 Å². The van der Waals surface area contributed by atoms with Crippen LogP contribution in [0.15, 0.2) is 76.1 Å². The summed E-state index contributed by atoms with van der Waals surface area (Å²) >= 11 is 0. The number of rotatable bonds is 10. The summed E-state index contributed by atoms with van der Waals surface area (Å²) in [4.78, 5) is 18.5. The molecule has 0 fully saturated rings. The lowest BCUT2D eigenvalue weighted by Crippen LogP contribution is -2.32. The molecule has 5 rings (SSSR count). The van der Waals surface area contributed by atoms with Crippen molar-refractivity contribution in [3.63, 3.8) is 0 Å². The summed E-state index contributed by atoms with van der Waals surface area (Å²) in [6.07, 6.45) is 2.39. The molecule has 0 unspecified atom stereocenters. The Bertz CT molecular complexity index is 1520. The molecule has 1 atom stereocenters. The van der Waals surface area contributed by atoms with Crippen LogP contribution in [0.5, 0.6) is 5.75 Å². The van der Waals surface area contributed by atoms with E-state index in [1.807, 2.05) is 67.6 Å². The third-order valence-electron chi connectivity index (χ3n) is 6.65. The Morgan fingerprint density at radius 3 is 2.68 bits per heavy atom. The highest BCUT2D eigenvalue weighted by molar-refractivity contribution is 5.81. The van der Waals surface area contributed by atoms with E-state index < -0.39 is 0 Å². The summed E-state index contributed by atoms with van der Waals surface area (Å²) in [5.74, 6) is 2.29. The van der Waals surface area contributed by atoms with Gasteiger partial charge in [-0.2, -0.15) is 0 Å².